The van der Waals surface area contributed by atoms with Crippen molar-refractivity contribution in [2.45, 2.75) is 27.7 Å². The minimum Gasteiger partial charge on any atom is -0.461 e. The van der Waals surface area contributed by atoms with Crippen LogP contribution in [0.1, 0.15) is 54.2 Å². The fourth-order valence-corrected chi connectivity index (χ4v) is 1.84. The first kappa shape index (κ1) is 16.7. The molecule has 4 heteroatoms. The molecular formula is C17H23NO3. The third kappa shape index (κ3) is 4.05. The monoisotopic (exact) mass is 289 g/mol. The molecule has 0 bridgehead atoms. The molecule has 0 amide bonds. The molecule has 1 aromatic heterocycles. The SMILES string of the molecule is CC.CCOC(=O)c1cc(C(=O)c2ccccc2C)c[nH]1.[HH]. The fraction of sp³-hybridized carbons (Fsp3) is 0.294. The molecule has 0 radical (unpaired) electrons. The lowest BCUT2D eigenvalue weighted by atomic mass is 10.0. The average Bonchev–Trinajstić information content (AvgIpc) is 2.99. The number of H-pyrrole nitrogens is 1. The van der Waals surface area contributed by atoms with Crippen LogP contribution < -0.4 is 0 Å². The minimum atomic E-state index is -0.452. The van der Waals surface area contributed by atoms with E-state index in [1.165, 1.54) is 12.3 Å². The first-order chi connectivity index (χ1) is 10.1. The molecule has 0 saturated carbocycles. The second kappa shape index (κ2) is 8.04. The molecule has 1 heterocycles. The predicted octanol–water partition coefficient (Wildman–Crippen LogP) is 4.00. The summed E-state index contributed by atoms with van der Waals surface area (Å²) in [4.78, 5) is 26.6. The maximum absolute atomic E-state index is 12.3. The summed E-state index contributed by atoms with van der Waals surface area (Å²) in [7, 11) is 0. The van der Waals surface area contributed by atoms with Crippen molar-refractivity contribution < 1.29 is 15.8 Å². The lowest BCUT2D eigenvalue weighted by molar-refractivity contribution is 0.0520. The highest BCUT2D eigenvalue weighted by Crippen LogP contribution is 2.15. The van der Waals surface area contributed by atoms with Crippen LogP contribution in [-0.2, 0) is 4.74 Å². The Balaban J connectivity index is 0.00000141. The number of ketones is 1. The number of esters is 1. The molecule has 114 valence electrons. The first-order valence-corrected chi connectivity index (χ1v) is 7.09. The summed E-state index contributed by atoms with van der Waals surface area (Å²) >= 11 is 0. The maximum atomic E-state index is 12.3. The Labute approximate surface area is 126 Å². The highest BCUT2D eigenvalue weighted by atomic mass is 16.5. The minimum absolute atomic E-state index is 0. The van der Waals surface area contributed by atoms with Crippen LogP contribution in [0.25, 0.3) is 0 Å². The van der Waals surface area contributed by atoms with Gasteiger partial charge >= 0.3 is 5.97 Å². The van der Waals surface area contributed by atoms with Gasteiger partial charge < -0.3 is 9.72 Å². The molecule has 0 aliphatic carbocycles. The number of hydrogen-bond acceptors (Lipinski definition) is 3. The van der Waals surface area contributed by atoms with E-state index in [-0.39, 0.29) is 7.21 Å². The van der Waals surface area contributed by atoms with E-state index in [0.717, 1.165) is 5.56 Å². The molecule has 0 spiro atoms. The van der Waals surface area contributed by atoms with Crippen molar-refractivity contribution >= 4 is 11.8 Å². The average molecular weight is 289 g/mol. The van der Waals surface area contributed by atoms with Gasteiger partial charge in [0.15, 0.2) is 5.78 Å². The number of carbonyl (C=O) groups excluding carboxylic acids is 2. The summed E-state index contributed by atoms with van der Waals surface area (Å²) in [6.45, 7) is 7.92. The van der Waals surface area contributed by atoms with Gasteiger partial charge in [-0.1, -0.05) is 38.1 Å². The zero-order valence-corrected chi connectivity index (χ0v) is 12.9. The Morgan fingerprint density at radius 3 is 2.52 bits per heavy atom. The van der Waals surface area contributed by atoms with E-state index >= 15 is 0 Å². The predicted molar refractivity (Wildman–Crippen MR) is 84.8 cm³/mol. The molecule has 2 aromatic rings. The maximum Gasteiger partial charge on any atom is 0.354 e. The summed E-state index contributed by atoms with van der Waals surface area (Å²) in [5.74, 6) is -0.559. The third-order valence-electron chi connectivity index (χ3n) is 2.83. The van der Waals surface area contributed by atoms with Crippen molar-refractivity contribution in [3.8, 4) is 0 Å². The van der Waals surface area contributed by atoms with Gasteiger partial charge in [-0.3, -0.25) is 4.79 Å². The standard InChI is InChI=1S/C15H15NO3.C2H6.H2/c1-3-19-15(18)13-8-11(9-16-13)14(17)12-7-5-4-6-10(12)2;1-2;/h4-9,16H,3H2,1-2H3;1-2H3;1H. The number of carbonyl (C=O) groups is 2. The number of aromatic nitrogens is 1. The van der Waals surface area contributed by atoms with E-state index in [1.54, 1.807) is 13.0 Å². The normalized spacial score (nSPS) is 9.52. The molecule has 0 fully saturated rings. The van der Waals surface area contributed by atoms with Gasteiger partial charge in [0, 0.05) is 18.8 Å². The molecule has 1 N–H and O–H groups in total. The Morgan fingerprint density at radius 1 is 1.24 bits per heavy atom. The summed E-state index contributed by atoms with van der Waals surface area (Å²) in [5, 5.41) is 0. The fourth-order valence-electron chi connectivity index (χ4n) is 1.84. The zero-order valence-electron chi connectivity index (χ0n) is 12.9. The number of rotatable bonds is 4. The van der Waals surface area contributed by atoms with Crippen LogP contribution >= 0.6 is 0 Å². The molecule has 2 rings (SSSR count). The Bertz CT molecular complexity index is 620. The Hall–Kier alpha value is -2.36. The van der Waals surface area contributed by atoms with Crippen molar-refractivity contribution in [2.24, 2.45) is 0 Å². The molecular weight excluding hydrogens is 266 g/mol. The van der Waals surface area contributed by atoms with Gasteiger partial charge in [-0.25, -0.2) is 4.79 Å². The number of ether oxygens (including phenoxy) is 1. The van der Waals surface area contributed by atoms with Crippen LogP contribution in [0.15, 0.2) is 36.5 Å². The van der Waals surface area contributed by atoms with E-state index in [1.807, 2.05) is 39.0 Å². The molecule has 0 atom stereocenters. The molecule has 0 aliphatic heterocycles. The Morgan fingerprint density at radius 2 is 1.90 bits per heavy atom. The first-order valence-electron chi connectivity index (χ1n) is 7.09. The lowest BCUT2D eigenvalue weighted by Gasteiger charge is -2.02. The van der Waals surface area contributed by atoms with E-state index in [0.29, 0.717) is 23.4 Å². The van der Waals surface area contributed by atoms with Crippen molar-refractivity contribution in [3.63, 3.8) is 0 Å². The van der Waals surface area contributed by atoms with Gasteiger partial charge in [0.05, 0.1) is 6.61 Å². The van der Waals surface area contributed by atoms with Crippen LogP contribution in [0, 0.1) is 6.92 Å². The van der Waals surface area contributed by atoms with Crippen molar-refractivity contribution in [2.75, 3.05) is 6.61 Å². The Kier molecular flexibility index (Phi) is 6.40. The molecule has 21 heavy (non-hydrogen) atoms. The quantitative estimate of drug-likeness (QED) is 0.683. The van der Waals surface area contributed by atoms with Crippen molar-refractivity contribution in [3.05, 3.63) is 58.9 Å². The second-order valence-electron chi connectivity index (χ2n) is 4.17. The van der Waals surface area contributed by atoms with E-state index in [9.17, 15) is 9.59 Å². The topological polar surface area (TPSA) is 59.2 Å². The number of benzene rings is 1. The van der Waals surface area contributed by atoms with Crippen LogP contribution in [0.5, 0.6) is 0 Å². The van der Waals surface area contributed by atoms with Crippen molar-refractivity contribution in [1.82, 2.24) is 4.98 Å². The molecule has 1 aromatic carbocycles. The smallest absolute Gasteiger partial charge is 0.354 e. The van der Waals surface area contributed by atoms with Gasteiger partial charge in [0.25, 0.3) is 0 Å². The van der Waals surface area contributed by atoms with E-state index < -0.39 is 5.97 Å². The highest BCUT2D eigenvalue weighted by molar-refractivity contribution is 6.10. The van der Waals surface area contributed by atoms with Crippen molar-refractivity contribution in [1.29, 1.82) is 0 Å². The van der Waals surface area contributed by atoms with Gasteiger partial charge in [-0.2, -0.15) is 0 Å². The summed E-state index contributed by atoms with van der Waals surface area (Å²) in [5.41, 5.74) is 2.29. The third-order valence-corrected chi connectivity index (χ3v) is 2.83. The number of nitrogens with one attached hydrogen (secondary N) is 1. The van der Waals surface area contributed by atoms with E-state index in [4.69, 9.17) is 4.74 Å². The van der Waals surface area contributed by atoms with Crippen LogP contribution in [-0.4, -0.2) is 23.3 Å². The molecule has 0 saturated heterocycles. The zero-order chi connectivity index (χ0) is 15.8. The molecule has 0 aliphatic rings. The van der Waals surface area contributed by atoms with Gasteiger partial charge in [0.2, 0.25) is 0 Å². The summed E-state index contributed by atoms with van der Waals surface area (Å²) in [6, 6.07) is 8.88. The molecule has 0 unspecified atom stereocenters. The highest BCUT2D eigenvalue weighted by Gasteiger charge is 2.16. The van der Waals surface area contributed by atoms with E-state index in [2.05, 4.69) is 4.98 Å². The second-order valence-corrected chi connectivity index (χ2v) is 4.17. The van der Waals surface area contributed by atoms with Gasteiger partial charge in [-0.15, -0.1) is 0 Å². The summed E-state index contributed by atoms with van der Waals surface area (Å²) in [6.07, 6.45) is 1.53. The largest absolute Gasteiger partial charge is 0.461 e. The van der Waals surface area contributed by atoms with Gasteiger partial charge in [-0.05, 0) is 25.5 Å². The number of aryl methyl sites for hydroxylation is 1. The van der Waals surface area contributed by atoms with Gasteiger partial charge in [0.1, 0.15) is 5.69 Å². The van der Waals surface area contributed by atoms with Crippen LogP contribution in [0.2, 0.25) is 0 Å². The summed E-state index contributed by atoms with van der Waals surface area (Å²) < 4.78 is 4.87. The molecule has 4 nitrogen and oxygen atoms in total. The number of aromatic amines is 1. The van der Waals surface area contributed by atoms with Crippen LogP contribution in [0.4, 0.5) is 0 Å². The number of hydrogen-bond donors (Lipinski definition) is 1. The lowest BCUT2D eigenvalue weighted by Crippen LogP contribution is -2.05. The van der Waals surface area contributed by atoms with Crippen LogP contribution in [0.3, 0.4) is 0 Å².